The molecule has 0 heterocycles. The van der Waals surface area contributed by atoms with Crippen molar-refractivity contribution in [2.45, 2.75) is 45.6 Å². The maximum absolute atomic E-state index is 12.3. The van der Waals surface area contributed by atoms with Crippen LogP contribution in [0.2, 0.25) is 0 Å². The molecule has 1 aromatic rings. The molecule has 3 nitrogen and oxygen atoms in total. The lowest BCUT2D eigenvalue weighted by atomic mass is 10.1. The smallest absolute Gasteiger partial charge is 0.279 e. The predicted molar refractivity (Wildman–Crippen MR) is 83.8 cm³/mol. The summed E-state index contributed by atoms with van der Waals surface area (Å²) in [5.74, 6) is 0.121. The van der Waals surface area contributed by atoms with Gasteiger partial charge in [-0.05, 0) is 56.7 Å². The van der Waals surface area contributed by atoms with Crippen LogP contribution in [0.1, 0.15) is 36.8 Å². The third-order valence-corrected chi connectivity index (χ3v) is 4.74. The van der Waals surface area contributed by atoms with E-state index in [1.807, 2.05) is 12.1 Å². The van der Waals surface area contributed by atoms with E-state index in [9.17, 15) is 4.79 Å². The van der Waals surface area contributed by atoms with Gasteiger partial charge >= 0.3 is 0 Å². The van der Waals surface area contributed by atoms with Gasteiger partial charge in [0.25, 0.3) is 5.91 Å². The van der Waals surface area contributed by atoms with Gasteiger partial charge in [0.05, 0.1) is 20.1 Å². The molecule has 1 aliphatic carbocycles. The number of carbonyl (C=O) groups is 1. The molecule has 0 aliphatic heterocycles. The number of amides is 1. The van der Waals surface area contributed by atoms with E-state index in [0.717, 1.165) is 15.7 Å². The molecular weight excluding hydrogens is 248 g/mol. The number of carbonyl (C=O) groups excluding carboxylic acids is 1. The van der Waals surface area contributed by atoms with E-state index in [1.54, 1.807) is 0 Å². The van der Waals surface area contributed by atoms with Crippen molar-refractivity contribution >= 4 is 11.6 Å². The van der Waals surface area contributed by atoms with Crippen LogP contribution in [0.3, 0.4) is 0 Å². The molecule has 0 atom stereocenters. The summed E-state index contributed by atoms with van der Waals surface area (Å²) in [4.78, 5) is 12.3. The van der Waals surface area contributed by atoms with Crippen LogP contribution >= 0.6 is 0 Å². The molecule has 20 heavy (non-hydrogen) atoms. The number of nitrogens with one attached hydrogen (secondary N) is 1. The van der Waals surface area contributed by atoms with Crippen LogP contribution in [0, 0.1) is 13.8 Å². The van der Waals surface area contributed by atoms with Crippen molar-refractivity contribution in [1.29, 1.82) is 0 Å². The zero-order valence-corrected chi connectivity index (χ0v) is 13.2. The maximum Gasteiger partial charge on any atom is 0.279 e. The van der Waals surface area contributed by atoms with Crippen LogP contribution in [-0.2, 0) is 4.79 Å². The van der Waals surface area contributed by atoms with Gasteiger partial charge in [-0.2, -0.15) is 0 Å². The summed E-state index contributed by atoms with van der Waals surface area (Å²) in [5.41, 5.74) is 3.32. The van der Waals surface area contributed by atoms with Gasteiger partial charge in [-0.1, -0.05) is 12.1 Å². The highest BCUT2D eigenvalue weighted by atomic mass is 16.2. The van der Waals surface area contributed by atoms with E-state index in [2.05, 4.69) is 39.3 Å². The van der Waals surface area contributed by atoms with Crippen molar-refractivity contribution in [2.24, 2.45) is 0 Å². The van der Waals surface area contributed by atoms with Crippen molar-refractivity contribution < 1.29 is 9.28 Å². The van der Waals surface area contributed by atoms with Gasteiger partial charge in [0, 0.05) is 5.69 Å². The number of rotatable bonds is 4. The molecule has 1 fully saturated rings. The fourth-order valence-corrected chi connectivity index (χ4v) is 3.18. The number of nitrogens with zero attached hydrogens (tertiary/aromatic N) is 1. The topological polar surface area (TPSA) is 29.1 Å². The number of likely N-dealkylation sites (N-methyl/N-ethyl adjacent to an activating group) is 1. The first kappa shape index (κ1) is 15.0. The second-order valence-corrected chi connectivity index (χ2v) is 6.67. The standard InChI is InChI=1S/C17H26N2O/c1-13-8-7-11-16(14(13)2)18-17(20)12-19(3,4)15-9-5-6-10-15/h7-8,11,15H,5-6,9-10,12H2,1-4H3/p+1. The second kappa shape index (κ2) is 5.96. The molecule has 2 rings (SSSR count). The summed E-state index contributed by atoms with van der Waals surface area (Å²) in [6.07, 6.45) is 5.13. The first-order valence-corrected chi connectivity index (χ1v) is 7.59. The van der Waals surface area contributed by atoms with E-state index in [4.69, 9.17) is 0 Å². The first-order valence-electron chi connectivity index (χ1n) is 7.59. The fraction of sp³-hybridized carbons (Fsp3) is 0.588. The summed E-state index contributed by atoms with van der Waals surface area (Å²) in [5, 5.41) is 3.08. The van der Waals surface area contributed by atoms with Gasteiger partial charge in [-0.15, -0.1) is 0 Å². The number of hydrogen-bond acceptors (Lipinski definition) is 1. The molecule has 3 heteroatoms. The van der Waals surface area contributed by atoms with Gasteiger partial charge in [0.1, 0.15) is 0 Å². The second-order valence-electron chi connectivity index (χ2n) is 6.67. The quantitative estimate of drug-likeness (QED) is 0.840. The molecule has 1 N–H and O–H groups in total. The maximum atomic E-state index is 12.3. The van der Waals surface area contributed by atoms with E-state index in [-0.39, 0.29) is 5.91 Å². The van der Waals surface area contributed by atoms with Crippen LogP contribution in [0.4, 0.5) is 5.69 Å². The van der Waals surface area contributed by atoms with E-state index < -0.39 is 0 Å². The minimum Gasteiger partial charge on any atom is -0.321 e. The lowest BCUT2D eigenvalue weighted by molar-refractivity contribution is -0.906. The summed E-state index contributed by atoms with van der Waals surface area (Å²) in [7, 11) is 4.36. The normalized spacial score (nSPS) is 16.4. The minimum atomic E-state index is 0.121. The molecule has 1 aliphatic rings. The van der Waals surface area contributed by atoms with Crippen LogP contribution in [0.15, 0.2) is 18.2 Å². The molecular formula is C17H27N2O+. The van der Waals surface area contributed by atoms with Crippen molar-refractivity contribution in [1.82, 2.24) is 0 Å². The monoisotopic (exact) mass is 275 g/mol. The van der Waals surface area contributed by atoms with Gasteiger partial charge in [0.15, 0.2) is 6.54 Å². The Bertz CT molecular complexity index is 488. The summed E-state index contributed by atoms with van der Waals surface area (Å²) in [6, 6.07) is 6.69. The minimum absolute atomic E-state index is 0.121. The Balaban J connectivity index is 2.00. The van der Waals surface area contributed by atoms with Crippen LogP contribution in [-0.4, -0.2) is 37.1 Å². The number of benzene rings is 1. The van der Waals surface area contributed by atoms with Crippen LogP contribution in [0.5, 0.6) is 0 Å². The lowest BCUT2D eigenvalue weighted by Crippen LogP contribution is -2.51. The van der Waals surface area contributed by atoms with Crippen LogP contribution in [0.25, 0.3) is 0 Å². The van der Waals surface area contributed by atoms with Gasteiger partial charge < -0.3 is 9.80 Å². The van der Waals surface area contributed by atoms with E-state index in [0.29, 0.717) is 12.6 Å². The van der Waals surface area contributed by atoms with E-state index in [1.165, 1.54) is 31.2 Å². The molecule has 1 aromatic carbocycles. The number of anilines is 1. The number of quaternary nitrogens is 1. The summed E-state index contributed by atoms with van der Waals surface area (Å²) in [6.45, 7) is 4.68. The number of hydrogen-bond donors (Lipinski definition) is 1. The van der Waals surface area contributed by atoms with Gasteiger partial charge in [0.2, 0.25) is 0 Å². The Morgan fingerprint density at radius 2 is 1.90 bits per heavy atom. The third kappa shape index (κ3) is 3.40. The van der Waals surface area contributed by atoms with E-state index >= 15 is 0 Å². The zero-order valence-electron chi connectivity index (χ0n) is 13.2. The Labute approximate surface area is 122 Å². The molecule has 0 radical (unpaired) electrons. The SMILES string of the molecule is Cc1cccc(NC(=O)C[N+](C)(C)C2CCCC2)c1C. The molecule has 0 saturated heterocycles. The van der Waals surface area contributed by atoms with Crippen molar-refractivity contribution in [2.75, 3.05) is 26.0 Å². The molecule has 0 unspecified atom stereocenters. The van der Waals surface area contributed by atoms with Crippen LogP contribution < -0.4 is 5.32 Å². The molecule has 0 aromatic heterocycles. The Morgan fingerprint density at radius 3 is 2.55 bits per heavy atom. The molecule has 0 bridgehead atoms. The Kier molecular flexibility index (Phi) is 4.48. The summed E-state index contributed by atoms with van der Waals surface area (Å²) >= 11 is 0. The zero-order chi connectivity index (χ0) is 14.8. The highest BCUT2D eigenvalue weighted by molar-refractivity contribution is 5.92. The predicted octanol–water partition coefficient (Wildman–Crippen LogP) is 3.26. The molecule has 1 amide bonds. The Morgan fingerprint density at radius 1 is 1.25 bits per heavy atom. The van der Waals surface area contributed by atoms with Gasteiger partial charge in [-0.25, -0.2) is 0 Å². The van der Waals surface area contributed by atoms with Crippen molar-refractivity contribution in [3.63, 3.8) is 0 Å². The average Bonchev–Trinajstić information content (AvgIpc) is 2.89. The highest BCUT2D eigenvalue weighted by Gasteiger charge is 2.33. The largest absolute Gasteiger partial charge is 0.321 e. The number of aryl methyl sites for hydroxylation is 1. The van der Waals surface area contributed by atoms with Gasteiger partial charge in [-0.3, -0.25) is 4.79 Å². The molecule has 0 spiro atoms. The molecule has 110 valence electrons. The summed E-state index contributed by atoms with van der Waals surface area (Å²) < 4.78 is 0.802. The first-order chi connectivity index (χ1) is 9.40. The highest BCUT2D eigenvalue weighted by Crippen LogP contribution is 2.26. The molecule has 1 saturated carbocycles. The van der Waals surface area contributed by atoms with Crippen molar-refractivity contribution in [3.05, 3.63) is 29.3 Å². The fourth-order valence-electron chi connectivity index (χ4n) is 3.18. The Hall–Kier alpha value is -1.35. The third-order valence-electron chi connectivity index (χ3n) is 4.74. The lowest BCUT2D eigenvalue weighted by Gasteiger charge is -2.35. The average molecular weight is 275 g/mol. The van der Waals surface area contributed by atoms with Crippen molar-refractivity contribution in [3.8, 4) is 0 Å².